The van der Waals surface area contributed by atoms with Crippen LogP contribution < -0.4 is 0 Å². The molecular weight excluding hydrogens is 340 g/mol. The predicted molar refractivity (Wildman–Crippen MR) is 102 cm³/mol. The van der Waals surface area contributed by atoms with Crippen molar-refractivity contribution in [2.24, 2.45) is 11.8 Å². The summed E-state index contributed by atoms with van der Waals surface area (Å²) in [6, 6.07) is 9.18. The van der Waals surface area contributed by atoms with Gasteiger partial charge in [-0.25, -0.2) is 0 Å². The maximum absolute atomic E-state index is 12.9. The number of carbonyl (C=O) groups excluding carboxylic acids is 1. The molecule has 3 atom stereocenters. The number of aliphatic hydroxyl groups excluding tert-OH is 1. The zero-order chi connectivity index (χ0) is 19.4. The number of rotatable bonds is 3. The third-order valence-electron chi connectivity index (χ3n) is 5.36. The van der Waals surface area contributed by atoms with Crippen molar-refractivity contribution in [2.75, 3.05) is 19.8 Å². The van der Waals surface area contributed by atoms with E-state index in [1.54, 1.807) is 4.90 Å². The number of nitriles is 1. The van der Waals surface area contributed by atoms with E-state index in [0.29, 0.717) is 32.0 Å². The lowest BCUT2D eigenvalue weighted by Crippen LogP contribution is -2.66. The lowest BCUT2D eigenvalue weighted by atomic mass is 9.74. The van der Waals surface area contributed by atoms with Gasteiger partial charge in [-0.1, -0.05) is 37.8 Å². The summed E-state index contributed by atoms with van der Waals surface area (Å²) in [4.78, 5) is 14.5. The van der Waals surface area contributed by atoms with Crippen molar-refractivity contribution in [3.63, 3.8) is 0 Å². The van der Waals surface area contributed by atoms with Gasteiger partial charge in [-0.3, -0.25) is 4.79 Å². The monoisotopic (exact) mass is 366 g/mol. The first-order valence-corrected chi connectivity index (χ1v) is 9.58. The Morgan fingerprint density at radius 3 is 2.52 bits per heavy atom. The molecule has 0 spiro atoms. The second-order valence-electron chi connectivity index (χ2n) is 7.53. The number of hydrogen-bond acceptors (Lipinski definition) is 4. The fourth-order valence-electron chi connectivity index (χ4n) is 3.88. The van der Waals surface area contributed by atoms with E-state index in [1.165, 1.54) is 0 Å². The van der Waals surface area contributed by atoms with Crippen LogP contribution in [-0.4, -0.2) is 47.8 Å². The SMILES string of the molecule is CC(C)C#Cc1ccc([C@@H]2[C@@H](C#N)N(C(=O)C3CCOCC3)[C@H]2CO)cc1. The molecule has 2 fully saturated rings. The van der Waals surface area contributed by atoms with Crippen LogP contribution in [0.1, 0.15) is 43.7 Å². The summed E-state index contributed by atoms with van der Waals surface area (Å²) in [5.74, 6) is 6.25. The van der Waals surface area contributed by atoms with Gasteiger partial charge in [0.05, 0.1) is 18.7 Å². The van der Waals surface area contributed by atoms with E-state index in [2.05, 4.69) is 17.9 Å². The van der Waals surface area contributed by atoms with Gasteiger partial charge >= 0.3 is 0 Å². The minimum Gasteiger partial charge on any atom is -0.394 e. The van der Waals surface area contributed by atoms with Gasteiger partial charge in [0.15, 0.2) is 0 Å². The Morgan fingerprint density at radius 2 is 1.96 bits per heavy atom. The van der Waals surface area contributed by atoms with Crippen molar-refractivity contribution in [2.45, 2.75) is 44.7 Å². The number of likely N-dealkylation sites (tertiary alicyclic amines) is 1. The molecular formula is C22H26N2O3. The van der Waals surface area contributed by atoms with E-state index in [1.807, 2.05) is 38.1 Å². The summed E-state index contributed by atoms with van der Waals surface area (Å²) in [5, 5.41) is 19.6. The van der Waals surface area contributed by atoms with E-state index in [0.717, 1.165) is 11.1 Å². The molecule has 1 aromatic carbocycles. The molecule has 2 heterocycles. The lowest BCUT2D eigenvalue weighted by Gasteiger charge is -2.52. The second kappa shape index (κ2) is 8.57. The number of amides is 1. The van der Waals surface area contributed by atoms with Crippen LogP contribution in [0.4, 0.5) is 0 Å². The molecule has 0 bridgehead atoms. The molecule has 0 aromatic heterocycles. The molecule has 3 rings (SSSR count). The van der Waals surface area contributed by atoms with Crippen LogP contribution in [0, 0.1) is 35.0 Å². The Hall–Kier alpha value is -2.34. The van der Waals surface area contributed by atoms with Gasteiger partial charge in [0.25, 0.3) is 0 Å². The maximum Gasteiger partial charge on any atom is 0.227 e. The minimum absolute atomic E-state index is 0.0282. The van der Waals surface area contributed by atoms with Crippen molar-refractivity contribution < 1.29 is 14.6 Å². The van der Waals surface area contributed by atoms with Crippen molar-refractivity contribution in [3.8, 4) is 17.9 Å². The highest BCUT2D eigenvalue weighted by molar-refractivity contribution is 5.81. The molecule has 1 amide bonds. The normalized spacial score (nSPS) is 25.3. The third kappa shape index (κ3) is 4.00. The second-order valence-corrected chi connectivity index (χ2v) is 7.53. The van der Waals surface area contributed by atoms with Gasteiger partial charge < -0.3 is 14.7 Å². The van der Waals surface area contributed by atoms with Crippen molar-refractivity contribution in [3.05, 3.63) is 35.4 Å². The number of benzene rings is 1. The number of carbonyl (C=O) groups is 1. The standard InChI is InChI=1S/C22H26N2O3/c1-15(2)3-4-16-5-7-17(8-6-16)21-19(13-23)24(20(21)14-25)22(26)18-9-11-27-12-10-18/h5-8,15,18-21,25H,9-12,14H2,1-2H3/t19-,20+,21-/m1/s1. The Labute approximate surface area is 160 Å². The third-order valence-corrected chi connectivity index (χ3v) is 5.36. The maximum atomic E-state index is 12.9. The quantitative estimate of drug-likeness (QED) is 0.833. The Morgan fingerprint density at radius 1 is 1.30 bits per heavy atom. The highest BCUT2D eigenvalue weighted by atomic mass is 16.5. The largest absolute Gasteiger partial charge is 0.394 e. The molecule has 142 valence electrons. The molecule has 2 aliphatic heterocycles. The van der Waals surface area contributed by atoms with E-state index in [-0.39, 0.29) is 30.4 Å². The van der Waals surface area contributed by atoms with E-state index in [9.17, 15) is 15.2 Å². The van der Waals surface area contributed by atoms with Crippen LogP contribution in [0.2, 0.25) is 0 Å². The fourth-order valence-corrected chi connectivity index (χ4v) is 3.88. The topological polar surface area (TPSA) is 73.6 Å². The summed E-state index contributed by atoms with van der Waals surface area (Å²) in [7, 11) is 0. The summed E-state index contributed by atoms with van der Waals surface area (Å²) in [6.07, 6.45) is 1.36. The van der Waals surface area contributed by atoms with Crippen LogP contribution >= 0.6 is 0 Å². The van der Waals surface area contributed by atoms with Gasteiger partial charge in [0.2, 0.25) is 5.91 Å². The summed E-state index contributed by atoms with van der Waals surface area (Å²) in [5.41, 5.74) is 1.89. The Balaban J connectivity index is 1.77. The summed E-state index contributed by atoms with van der Waals surface area (Å²) < 4.78 is 5.33. The van der Waals surface area contributed by atoms with E-state index < -0.39 is 6.04 Å². The number of ether oxygens (including phenoxy) is 1. The smallest absolute Gasteiger partial charge is 0.227 e. The van der Waals surface area contributed by atoms with Gasteiger partial charge in [-0.15, -0.1) is 0 Å². The molecule has 5 nitrogen and oxygen atoms in total. The first kappa shape index (κ1) is 19.4. The molecule has 1 aromatic rings. The van der Waals surface area contributed by atoms with Gasteiger partial charge in [0.1, 0.15) is 6.04 Å². The first-order valence-electron chi connectivity index (χ1n) is 9.58. The fraction of sp³-hybridized carbons (Fsp3) is 0.545. The summed E-state index contributed by atoms with van der Waals surface area (Å²) in [6.45, 7) is 5.10. The molecule has 0 unspecified atom stereocenters. The van der Waals surface area contributed by atoms with E-state index >= 15 is 0 Å². The molecule has 0 aliphatic carbocycles. The van der Waals surface area contributed by atoms with Crippen molar-refractivity contribution in [1.82, 2.24) is 4.90 Å². The van der Waals surface area contributed by atoms with Crippen molar-refractivity contribution in [1.29, 1.82) is 5.26 Å². The van der Waals surface area contributed by atoms with Crippen LogP contribution in [0.3, 0.4) is 0 Å². The highest BCUT2D eigenvalue weighted by Gasteiger charge is 2.52. The first-order chi connectivity index (χ1) is 13.1. The van der Waals surface area contributed by atoms with Crippen LogP contribution in [-0.2, 0) is 9.53 Å². The lowest BCUT2D eigenvalue weighted by molar-refractivity contribution is -0.154. The molecule has 5 heteroatoms. The zero-order valence-electron chi connectivity index (χ0n) is 15.9. The molecule has 2 saturated heterocycles. The highest BCUT2D eigenvalue weighted by Crippen LogP contribution is 2.42. The van der Waals surface area contributed by atoms with Crippen LogP contribution in [0.25, 0.3) is 0 Å². The average Bonchev–Trinajstić information content (AvgIpc) is 2.67. The molecule has 0 radical (unpaired) electrons. The van der Waals surface area contributed by atoms with Crippen LogP contribution in [0.5, 0.6) is 0 Å². The molecule has 27 heavy (non-hydrogen) atoms. The molecule has 2 aliphatic rings. The zero-order valence-corrected chi connectivity index (χ0v) is 15.9. The summed E-state index contributed by atoms with van der Waals surface area (Å²) >= 11 is 0. The van der Waals surface area contributed by atoms with Gasteiger partial charge in [-0.2, -0.15) is 5.26 Å². The number of hydrogen-bond donors (Lipinski definition) is 1. The van der Waals surface area contributed by atoms with Crippen molar-refractivity contribution >= 4 is 5.91 Å². The van der Waals surface area contributed by atoms with Gasteiger partial charge in [-0.05, 0) is 30.5 Å². The molecule has 0 saturated carbocycles. The minimum atomic E-state index is -0.537. The van der Waals surface area contributed by atoms with E-state index in [4.69, 9.17) is 4.74 Å². The van der Waals surface area contributed by atoms with Crippen LogP contribution in [0.15, 0.2) is 24.3 Å². The Bertz CT molecular complexity index is 763. The van der Waals surface area contributed by atoms with Gasteiger partial charge in [0, 0.05) is 36.5 Å². The number of aliphatic hydroxyl groups is 1. The average molecular weight is 366 g/mol. The molecule has 1 N–H and O–H groups in total. The predicted octanol–water partition coefficient (Wildman–Crippen LogP) is 2.30. The number of nitrogens with zero attached hydrogens (tertiary/aromatic N) is 2. The Kier molecular flexibility index (Phi) is 6.16.